The second-order valence-corrected chi connectivity index (χ2v) is 7.96. The van der Waals surface area contributed by atoms with E-state index in [0.717, 1.165) is 36.1 Å². The van der Waals surface area contributed by atoms with Crippen molar-refractivity contribution in [3.05, 3.63) is 34.6 Å². The number of nitrogens with one attached hydrogen (secondary N) is 3. The minimum absolute atomic E-state index is 0.0187. The van der Waals surface area contributed by atoms with Crippen molar-refractivity contribution in [1.29, 1.82) is 0 Å². The number of aliphatic hydroxyl groups is 1. The number of fused-ring (bicyclic) bond motifs is 1. The topological polar surface area (TPSA) is 106 Å². The van der Waals surface area contributed by atoms with Gasteiger partial charge in [-0.3, -0.25) is 9.78 Å². The Kier molecular flexibility index (Phi) is 5.56. The third-order valence-electron chi connectivity index (χ3n) is 4.85. The number of H-pyrrole nitrogens is 1. The number of hydrogen-bond acceptors (Lipinski definition) is 8. The molecule has 3 heterocycles. The highest BCUT2D eigenvalue weighted by Crippen LogP contribution is 2.32. The summed E-state index contributed by atoms with van der Waals surface area (Å²) in [6, 6.07) is 8.05. The van der Waals surface area contributed by atoms with Crippen molar-refractivity contribution >= 4 is 33.3 Å². The van der Waals surface area contributed by atoms with Crippen LogP contribution in [-0.2, 0) is 0 Å². The van der Waals surface area contributed by atoms with Gasteiger partial charge in [0, 0.05) is 26.2 Å². The monoisotopic (exact) mass is 400 g/mol. The maximum atomic E-state index is 13.0. The molecule has 0 bridgehead atoms. The molecule has 1 saturated heterocycles. The lowest BCUT2D eigenvalue weighted by Crippen LogP contribution is -2.39. The number of thiazole rings is 1. The molecule has 4 rings (SSSR count). The molecule has 0 radical (unpaired) electrons. The van der Waals surface area contributed by atoms with Crippen LogP contribution in [0, 0.1) is 0 Å². The molecule has 0 unspecified atom stereocenters. The van der Waals surface area contributed by atoms with Crippen LogP contribution in [0.5, 0.6) is 0 Å². The van der Waals surface area contributed by atoms with Crippen LogP contribution in [0.25, 0.3) is 20.8 Å². The van der Waals surface area contributed by atoms with Gasteiger partial charge in [-0.05, 0) is 31.5 Å². The van der Waals surface area contributed by atoms with Crippen molar-refractivity contribution in [3.8, 4) is 10.6 Å². The van der Waals surface area contributed by atoms with E-state index >= 15 is 0 Å². The minimum atomic E-state index is -0.236. The Morgan fingerprint density at radius 3 is 2.96 bits per heavy atom. The molecule has 1 aliphatic heterocycles. The van der Waals surface area contributed by atoms with Gasteiger partial charge in [0.2, 0.25) is 5.95 Å². The Labute approximate surface area is 166 Å². The van der Waals surface area contributed by atoms with E-state index in [1.165, 1.54) is 11.3 Å². The van der Waals surface area contributed by atoms with Crippen molar-refractivity contribution in [1.82, 2.24) is 20.3 Å². The first-order chi connectivity index (χ1) is 13.7. The number of piperidine rings is 1. The molecule has 8 nitrogen and oxygen atoms in total. The largest absolute Gasteiger partial charge is 0.395 e. The average molecular weight is 401 g/mol. The van der Waals surface area contributed by atoms with E-state index in [9.17, 15) is 9.90 Å². The zero-order valence-electron chi connectivity index (χ0n) is 15.7. The minimum Gasteiger partial charge on any atom is -0.395 e. The maximum absolute atomic E-state index is 13.0. The number of benzene rings is 1. The van der Waals surface area contributed by atoms with Crippen LogP contribution in [0.2, 0.25) is 0 Å². The number of hydrogen-bond donors (Lipinski definition) is 4. The first-order valence-electron chi connectivity index (χ1n) is 9.45. The van der Waals surface area contributed by atoms with Gasteiger partial charge in [-0.25, -0.2) is 4.98 Å². The summed E-state index contributed by atoms with van der Waals surface area (Å²) in [4.78, 5) is 26.9. The van der Waals surface area contributed by atoms with E-state index in [1.807, 2.05) is 24.3 Å². The summed E-state index contributed by atoms with van der Waals surface area (Å²) < 4.78 is 1.03. The van der Waals surface area contributed by atoms with Gasteiger partial charge in [-0.1, -0.05) is 12.1 Å². The fourth-order valence-electron chi connectivity index (χ4n) is 3.35. The predicted molar refractivity (Wildman–Crippen MR) is 113 cm³/mol. The lowest BCUT2D eigenvalue weighted by Gasteiger charge is -2.26. The third-order valence-corrected chi connectivity index (χ3v) is 5.90. The summed E-state index contributed by atoms with van der Waals surface area (Å²) in [5, 5.41) is 16.7. The summed E-state index contributed by atoms with van der Waals surface area (Å²) in [5.41, 5.74) is 1.10. The van der Waals surface area contributed by atoms with Gasteiger partial charge in [0.25, 0.3) is 5.56 Å². The summed E-state index contributed by atoms with van der Waals surface area (Å²) in [6.45, 7) is 2.20. The number of aromatic amines is 1. The molecule has 2 aromatic heterocycles. The van der Waals surface area contributed by atoms with E-state index in [1.54, 1.807) is 11.9 Å². The number of rotatable bonds is 6. The Bertz CT molecular complexity index is 978. The lowest BCUT2D eigenvalue weighted by molar-refractivity contribution is 0.303. The molecule has 9 heteroatoms. The fraction of sp³-hybridized carbons (Fsp3) is 0.421. The van der Waals surface area contributed by atoms with Gasteiger partial charge in [-0.2, -0.15) is 4.98 Å². The molecule has 0 spiro atoms. The van der Waals surface area contributed by atoms with E-state index < -0.39 is 0 Å². The molecule has 4 N–H and O–H groups in total. The number of aromatic nitrogens is 3. The Morgan fingerprint density at radius 1 is 1.36 bits per heavy atom. The van der Waals surface area contributed by atoms with Crippen LogP contribution in [0.4, 0.5) is 11.8 Å². The molecule has 28 heavy (non-hydrogen) atoms. The molecule has 3 aromatic rings. The summed E-state index contributed by atoms with van der Waals surface area (Å²) in [5.74, 6) is 0.964. The fourth-order valence-corrected chi connectivity index (χ4v) is 4.36. The van der Waals surface area contributed by atoms with Crippen LogP contribution in [0.15, 0.2) is 29.1 Å². The molecule has 1 aromatic carbocycles. The molecule has 0 amide bonds. The first kappa shape index (κ1) is 18.9. The highest BCUT2D eigenvalue weighted by atomic mass is 32.1. The van der Waals surface area contributed by atoms with Crippen LogP contribution < -0.4 is 21.1 Å². The lowest BCUT2D eigenvalue weighted by atomic mass is 10.1. The Hall–Kier alpha value is -2.49. The van der Waals surface area contributed by atoms with Crippen LogP contribution in [-0.4, -0.2) is 59.4 Å². The molecule has 0 aliphatic carbocycles. The number of likely N-dealkylation sites (N-methyl/N-ethyl adjacent to an activating group) is 1. The Morgan fingerprint density at radius 2 is 2.21 bits per heavy atom. The molecule has 1 atom stereocenters. The predicted octanol–water partition coefficient (Wildman–Crippen LogP) is 1.64. The zero-order chi connectivity index (χ0) is 19.5. The van der Waals surface area contributed by atoms with Crippen molar-refractivity contribution < 1.29 is 5.11 Å². The third kappa shape index (κ3) is 3.87. The summed E-state index contributed by atoms with van der Waals surface area (Å²) in [7, 11) is 1.79. The van der Waals surface area contributed by atoms with Gasteiger partial charge < -0.3 is 20.6 Å². The van der Waals surface area contributed by atoms with Crippen LogP contribution in [0.1, 0.15) is 12.8 Å². The number of nitrogens with zero attached hydrogens (tertiary/aromatic N) is 3. The maximum Gasteiger partial charge on any atom is 0.264 e. The van der Waals surface area contributed by atoms with E-state index in [4.69, 9.17) is 0 Å². The molecule has 1 aliphatic rings. The highest BCUT2D eigenvalue weighted by molar-refractivity contribution is 7.21. The zero-order valence-corrected chi connectivity index (χ0v) is 16.6. The van der Waals surface area contributed by atoms with Crippen LogP contribution in [0.3, 0.4) is 0 Å². The number of aliphatic hydroxyl groups excluding tert-OH is 1. The smallest absolute Gasteiger partial charge is 0.264 e. The summed E-state index contributed by atoms with van der Waals surface area (Å²) >= 11 is 1.48. The number of para-hydroxylation sites is 1. The molecular weight excluding hydrogens is 376 g/mol. The second kappa shape index (κ2) is 8.26. The van der Waals surface area contributed by atoms with Gasteiger partial charge >= 0.3 is 0 Å². The van der Waals surface area contributed by atoms with E-state index in [0.29, 0.717) is 28.9 Å². The molecule has 0 saturated carbocycles. The Balaban J connectivity index is 1.79. The normalized spacial score (nSPS) is 17.0. The van der Waals surface area contributed by atoms with Gasteiger partial charge in [0.1, 0.15) is 16.4 Å². The van der Waals surface area contributed by atoms with E-state index in [2.05, 4.69) is 25.6 Å². The SMILES string of the molecule is CN(CCO)c1nc(N[C@@H]2CCCNC2)c(-c2nc3ccccc3s2)c(=O)[nH]1. The molecule has 1 fully saturated rings. The van der Waals surface area contributed by atoms with Gasteiger partial charge in [0.05, 0.1) is 16.8 Å². The first-order valence-corrected chi connectivity index (χ1v) is 10.3. The standard InChI is InChI=1S/C19H24N6O2S/c1-25(9-10-26)19-23-16(21-12-5-4-8-20-11-12)15(17(27)24-19)18-22-13-6-2-3-7-14(13)28-18/h2-3,6-7,12,20,26H,4-5,8-11H2,1H3,(H2,21,23,24,27)/t12-/m1/s1. The second-order valence-electron chi connectivity index (χ2n) is 6.93. The quantitative estimate of drug-likeness (QED) is 0.498. The van der Waals surface area contributed by atoms with Crippen molar-refractivity contribution in [2.75, 3.05) is 43.5 Å². The van der Waals surface area contributed by atoms with E-state index in [-0.39, 0.29) is 18.2 Å². The van der Waals surface area contributed by atoms with Crippen LogP contribution >= 0.6 is 11.3 Å². The molecule has 148 valence electrons. The van der Waals surface area contributed by atoms with Crippen molar-refractivity contribution in [2.24, 2.45) is 0 Å². The number of anilines is 2. The van der Waals surface area contributed by atoms with Gasteiger partial charge in [0.15, 0.2) is 0 Å². The van der Waals surface area contributed by atoms with Crippen molar-refractivity contribution in [2.45, 2.75) is 18.9 Å². The van der Waals surface area contributed by atoms with Gasteiger partial charge in [-0.15, -0.1) is 11.3 Å². The average Bonchev–Trinajstić information content (AvgIpc) is 3.12. The van der Waals surface area contributed by atoms with Crippen molar-refractivity contribution in [3.63, 3.8) is 0 Å². The summed E-state index contributed by atoms with van der Waals surface area (Å²) in [6.07, 6.45) is 2.09. The molecular formula is C19H24N6O2S. The highest BCUT2D eigenvalue weighted by Gasteiger charge is 2.22.